The van der Waals surface area contributed by atoms with Gasteiger partial charge in [-0.1, -0.05) is 18.2 Å². The number of rotatable bonds is 7. The second kappa shape index (κ2) is 7.85. The summed E-state index contributed by atoms with van der Waals surface area (Å²) in [6.07, 6.45) is 0. The summed E-state index contributed by atoms with van der Waals surface area (Å²) in [7, 11) is 0. The second-order valence-electron chi connectivity index (χ2n) is 6.23. The van der Waals surface area contributed by atoms with Crippen LogP contribution in [0.25, 0.3) is 0 Å². The van der Waals surface area contributed by atoms with E-state index in [0.29, 0.717) is 30.9 Å². The van der Waals surface area contributed by atoms with Crippen molar-refractivity contribution in [1.29, 1.82) is 0 Å². The minimum atomic E-state index is -0.920. The van der Waals surface area contributed by atoms with Gasteiger partial charge in [-0.2, -0.15) is 0 Å². The summed E-state index contributed by atoms with van der Waals surface area (Å²) < 4.78 is 15.1. The Morgan fingerprint density at radius 3 is 2.50 bits per heavy atom. The Morgan fingerprint density at radius 1 is 1.15 bits per heavy atom. The van der Waals surface area contributed by atoms with Crippen LogP contribution >= 0.6 is 11.3 Å². The Hall–Kier alpha value is -2.44. The van der Waals surface area contributed by atoms with Crippen molar-refractivity contribution in [3.8, 4) is 0 Å². The van der Waals surface area contributed by atoms with E-state index in [2.05, 4.69) is 5.32 Å². The molecule has 0 fully saturated rings. The minimum absolute atomic E-state index is 0.278. The average Bonchev–Trinajstić information content (AvgIpc) is 3.19. The van der Waals surface area contributed by atoms with Crippen LogP contribution in [0.4, 0.5) is 4.39 Å². The number of nitrogens with zero attached hydrogens (tertiary/aromatic N) is 1. The van der Waals surface area contributed by atoms with Crippen LogP contribution < -0.4 is 5.32 Å². The first-order valence-electron chi connectivity index (χ1n) is 8.36. The maximum absolute atomic E-state index is 13.1. The zero-order valence-electron chi connectivity index (χ0n) is 14.8. The van der Waals surface area contributed by atoms with Gasteiger partial charge in [-0.05, 0) is 43.0 Å². The molecule has 0 aliphatic heterocycles. The molecule has 0 atom stereocenters. The Bertz CT molecular complexity index is 899. The van der Waals surface area contributed by atoms with Crippen molar-refractivity contribution in [1.82, 2.24) is 9.88 Å². The van der Waals surface area contributed by atoms with Crippen molar-refractivity contribution < 1.29 is 14.3 Å². The summed E-state index contributed by atoms with van der Waals surface area (Å²) >= 11 is 1.67. The second-order valence-corrected chi connectivity index (χ2v) is 7.26. The zero-order chi connectivity index (χ0) is 18.7. The predicted octanol–water partition coefficient (Wildman–Crippen LogP) is 4.34. The highest BCUT2D eigenvalue weighted by Gasteiger charge is 2.22. The summed E-state index contributed by atoms with van der Waals surface area (Å²) in [5.74, 6) is -1.20. The Balaban J connectivity index is 1.85. The number of carboxylic acid groups (broad SMARTS) is 1. The van der Waals surface area contributed by atoms with Gasteiger partial charge in [0, 0.05) is 41.5 Å². The summed E-state index contributed by atoms with van der Waals surface area (Å²) in [5.41, 5.74) is 3.72. The van der Waals surface area contributed by atoms with E-state index < -0.39 is 5.97 Å². The molecule has 3 aromatic rings. The van der Waals surface area contributed by atoms with Crippen molar-refractivity contribution in [2.75, 3.05) is 0 Å². The minimum Gasteiger partial charge on any atom is -0.478 e. The van der Waals surface area contributed by atoms with E-state index in [9.17, 15) is 14.3 Å². The van der Waals surface area contributed by atoms with E-state index >= 15 is 0 Å². The van der Waals surface area contributed by atoms with E-state index in [0.717, 1.165) is 16.8 Å². The normalized spacial score (nSPS) is 11.0. The molecule has 0 aliphatic rings. The van der Waals surface area contributed by atoms with Gasteiger partial charge in [0.25, 0.3) is 0 Å². The lowest BCUT2D eigenvalue weighted by Crippen LogP contribution is -2.15. The molecule has 0 amide bonds. The van der Waals surface area contributed by atoms with Crippen LogP contribution in [0.5, 0.6) is 0 Å². The molecule has 0 saturated carbocycles. The lowest BCUT2D eigenvalue weighted by Gasteiger charge is -2.10. The fraction of sp³-hybridized carbons (Fsp3) is 0.250. The molecule has 6 heteroatoms. The van der Waals surface area contributed by atoms with Gasteiger partial charge < -0.3 is 15.0 Å². The van der Waals surface area contributed by atoms with Crippen LogP contribution in [0.3, 0.4) is 0 Å². The SMILES string of the molecule is Cc1c(CNCc2cccs2)c(C(=O)O)c(C)n1Cc1ccc(F)cc1. The molecule has 4 nitrogen and oxygen atoms in total. The number of thiophene rings is 1. The third-order valence-electron chi connectivity index (χ3n) is 4.56. The van der Waals surface area contributed by atoms with Crippen LogP contribution in [0.2, 0.25) is 0 Å². The number of aromatic carboxylic acids is 1. The number of aromatic nitrogens is 1. The number of hydrogen-bond acceptors (Lipinski definition) is 3. The van der Waals surface area contributed by atoms with Gasteiger partial charge >= 0.3 is 5.97 Å². The summed E-state index contributed by atoms with van der Waals surface area (Å²) in [5, 5.41) is 15.0. The highest BCUT2D eigenvalue weighted by atomic mass is 32.1. The van der Waals surface area contributed by atoms with E-state index in [4.69, 9.17) is 0 Å². The number of benzene rings is 1. The lowest BCUT2D eigenvalue weighted by atomic mass is 10.1. The Kier molecular flexibility index (Phi) is 5.54. The predicted molar refractivity (Wildman–Crippen MR) is 101 cm³/mol. The first-order valence-corrected chi connectivity index (χ1v) is 9.24. The highest BCUT2D eigenvalue weighted by molar-refractivity contribution is 7.09. The average molecular weight is 372 g/mol. The first kappa shape index (κ1) is 18.4. The molecule has 3 rings (SSSR count). The number of carbonyl (C=O) groups is 1. The van der Waals surface area contributed by atoms with E-state index in [-0.39, 0.29) is 5.82 Å². The standard InChI is InChI=1S/C20H21FN2O2S/c1-13-18(11-22-10-17-4-3-9-26-17)19(20(24)25)14(2)23(13)12-15-5-7-16(21)8-6-15/h3-9,22H,10-12H2,1-2H3,(H,24,25). The smallest absolute Gasteiger partial charge is 0.337 e. The maximum atomic E-state index is 13.1. The number of carboxylic acids is 1. The van der Waals surface area contributed by atoms with Crippen molar-refractivity contribution >= 4 is 17.3 Å². The van der Waals surface area contributed by atoms with Crippen molar-refractivity contribution in [3.05, 3.63) is 80.6 Å². The van der Waals surface area contributed by atoms with Gasteiger partial charge in [-0.15, -0.1) is 11.3 Å². The van der Waals surface area contributed by atoms with E-state index in [1.54, 1.807) is 23.5 Å². The summed E-state index contributed by atoms with van der Waals surface area (Å²) in [6, 6.07) is 10.3. The van der Waals surface area contributed by atoms with Gasteiger partial charge in [0.2, 0.25) is 0 Å². The van der Waals surface area contributed by atoms with Crippen LogP contribution in [0, 0.1) is 19.7 Å². The van der Waals surface area contributed by atoms with Gasteiger partial charge in [0.1, 0.15) is 5.82 Å². The van der Waals surface area contributed by atoms with Crippen LogP contribution in [-0.4, -0.2) is 15.6 Å². The molecular weight excluding hydrogens is 351 g/mol. The molecule has 2 aromatic heterocycles. The fourth-order valence-corrected chi connectivity index (χ4v) is 3.86. The zero-order valence-corrected chi connectivity index (χ0v) is 15.6. The van der Waals surface area contributed by atoms with Crippen molar-refractivity contribution in [3.63, 3.8) is 0 Å². The van der Waals surface area contributed by atoms with Gasteiger partial charge in [0.15, 0.2) is 0 Å². The first-order chi connectivity index (χ1) is 12.5. The number of halogens is 1. The lowest BCUT2D eigenvalue weighted by molar-refractivity contribution is 0.0694. The largest absolute Gasteiger partial charge is 0.478 e. The Labute approximate surface area is 155 Å². The maximum Gasteiger partial charge on any atom is 0.337 e. The molecule has 0 aliphatic carbocycles. The van der Waals surface area contributed by atoms with Crippen LogP contribution in [0.15, 0.2) is 41.8 Å². The summed E-state index contributed by atoms with van der Waals surface area (Å²) in [6.45, 7) is 5.47. The van der Waals surface area contributed by atoms with Crippen LogP contribution in [0.1, 0.15) is 37.7 Å². The molecule has 136 valence electrons. The van der Waals surface area contributed by atoms with E-state index in [1.165, 1.54) is 17.0 Å². The van der Waals surface area contributed by atoms with Gasteiger partial charge in [-0.3, -0.25) is 0 Å². The molecule has 0 radical (unpaired) electrons. The van der Waals surface area contributed by atoms with Crippen LogP contribution in [-0.2, 0) is 19.6 Å². The molecule has 2 N–H and O–H groups in total. The van der Waals surface area contributed by atoms with E-state index in [1.807, 2.05) is 35.9 Å². The highest BCUT2D eigenvalue weighted by Crippen LogP contribution is 2.24. The molecular formula is C20H21FN2O2S. The molecule has 0 bridgehead atoms. The van der Waals surface area contributed by atoms with Gasteiger partial charge in [0.05, 0.1) is 5.56 Å². The topological polar surface area (TPSA) is 54.3 Å². The molecule has 0 unspecified atom stereocenters. The third kappa shape index (κ3) is 3.86. The molecule has 26 heavy (non-hydrogen) atoms. The monoisotopic (exact) mass is 372 g/mol. The summed E-state index contributed by atoms with van der Waals surface area (Å²) in [4.78, 5) is 13.0. The quantitative estimate of drug-likeness (QED) is 0.649. The molecule has 0 spiro atoms. The Morgan fingerprint density at radius 2 is 1.88 bits per heavy atom. The third-order valence-corrected chi connectivity index (χ3v) is 5.44. The fourth-order valence-electron chi connectivity index (χ4n) is 3.18. The number of nitrogens with one attached hydrogen (secondary N) is 1. The molecule has 0 saturated heterocycles. The van der Waals surface area contributed by atoms with Gasteiger partial charge in [-0.25, -0.2) is 9.18 Å². The molecule has 1 aromatic carbocycles. The number of hydrogen-bond donors (Lipinski definition) is 2. The molecule has 2 heterocycles. The van der Waals surface area contributed by atoms with Crippen molar-refractivity contribution in [2.45, 2.75) is 33.5 Å². The van der Waals surface area contributed by atoms with Crippen molar-refractivity contribution in [2.24, 2.45) is 0 Å².